The molecule has 3 aliphatic rings. The van der Waals surface area contributed by atoms with Crippen LogP contribution in [0.15, 0.2) is 24.3 Å². The molecule has 1 aromatic rings. The van der Waals surface area contributed by atoms with E-state index in [0.717, 1.165) is 17.7 Å². The molecular formula is C18H21F2NO5. The molecule has 142 valence electrons. The average Bonchev–Trinajstić information content (AvgIpc) is 3.33. The number of benzene rings is 1. The minimum Gasteiger partial charge on any atom is -0.486 e. The van der Waals surface area contributed by atoms with E-state index >= 15 is 0 Å². The Balaban J connectivity index is 1.59. The summed E-state index contributed by atoms with van der Waals surface area (Å²) in [5.41, 5.74) is 3.88. The highest BCUT2D eigenvalue weighted by Crippen LogP contribution is 2.38. The molecule has 0 aromatic heterocycles. The van der Waals surface area contributed by atoms with Crippen molar-refractivity contribution in [2.45, 2.75) is 50.1 Å². The number of aliphatic hydroxyl groups is 1. The average molecular weight is 369 g/mol. The lowest BCUT2D eigenvalue weighted by Gasteiger charge is -2.18. The van der Waals surface area contributed by atoms with Gasteiger partial charge >= 0.3 is 6.61 Å². The predicted octanol–water partition coefficient (Wildman–Crippen LogP) is 2.62. The highest BCUT2D eigenvalue weighted by Gasteiger charge is 2.39. The van der Waals surface area contributed by atoms with Crippen LogP contribution in [0.25, 0.3) is 5.70 Å². The first-order valence-corrected chi connectivity index (χ1v) is 8.72. The Bertz CT molecular complexity index is 690. The van der Waals surface area contributed by atoms with Crippen LogP contribution in [0.5, 0.6) is 11.5 Å². The largest absolute Gasteiger partial charge is 0.486 e. The van der Waals surface area contributed by atoms with Crippen LogP contribution < -0.4 is 15.0 Å². The molecule has 0 amide bonds. The summed E-state index contributed by atoms with van der Waals surface area (Å²) in [6, 6.07) is 4.78. The van der Waals surface area contributed by atoms with E-state index in [2.05, 4.69) is 10.2 Å². The van der Waals surface area contributed by atoms with Crippen LogP contribution in [0.1, 0.15) is 31.2 Å². The van der Waals surface area contributed by atoms with Gasteiger partial charge in [0.2, 0.25) is 0 Å². The number of halogens is 2. The monoisotopic (exact) mass is 369 g/mol. The Labute approximate surface area is 149 Å². The van der Waals surface area contributed by atoms with Crippen molar-refractivity contribution in [1.82, 2.24) is 5.48 Å². The summed E-state index contributed by atoms with van der Waals surface area (Å²) in [5, 5.41) is 9.66. The van der Waals surface area contributed by atoms with E-state index in [0.29, 0.717) is 32.5 Å². The quantitative estimate of drug-likeness (QED) is 0.832. The Morgan fingerprint density at radius 1 is 1.27 bits per heavy atom. The molecule has 0 radical (unpaired) electrons. The van der Waals surface area contributed by atoms with E-state index in [1.54, 1.807) is 12.1 Å². The predicted molar refractivity (Wildman–Crippen MR) is 87.7 cm³/mol. The lowest BCUT2D eigenvalue weighted by Crippen LogP contribution is -2.29. The van der Waals surface area contributed by atoms with Crippen molar-refractivity contribution in [3.63, 3.8) is 0 Å². The lowest BCUT2D eigenvalue weighted by atomic mass is 10.0. The van der Waals surface area contributed by atoms with Gasteiger partial charge in [-0.25, -0.2) is 0 Å². The summed E-state index contributed by atoms with van der Waals surface area (Å²) in [5.74, 6) is 0.205. The Hall–Kier alpha value is -1.90. The fraction of sp³-hybridized carbons (Fsp3) is 0.556. The first-order chi connectivity index (χ1) is 12.5. The normalized spacial score (nSPS) is 30.7. The van der Waals surface area contributed by atoms with Crippen molar-refractivity contribution >= 4 is 5.70 Å². The van der Waals surface area contributed by atoms with Gasteiger partial charge in [-0.15, -0.1) is 0 Å². The molecule has 0 bridgehead atoms. The molecule has 1 aliphatic carbocycles. The zero-order chi connectivity index (χ0) is 18.1. The molecule has 2 N–H and O–H groups in total. The van der Waals surface area contributed by atoms with Crippen LogP contribution >= 0.6 is 0 Å². The second kappa shape index (κ2) is 7.02. The van der Waals surface area contributed by atoms with Gasteiger partial charge in [0.25, 0.3) is 0 Å². The van der Waals surface area contributed by atoms with E-state index in [-0.39, 0.29) is 17.6 Å². The maximum atomic E-state index is 12.7. The van der Waals surface area contributed by atoms with Gasteiger partial charge in [0.1, 0.15) is 11.7 Å². The fourth-order valence-electron chi connectivity index (χ4n) is 3.54. The maximum absolute atomic E-state index is 12.7. The third-order valence-corrected chi connectivity index (χ3v) is 4.91. The number of nitrogens with one attached hydrogen (secondary N) is 1. The van der Waals surface area contributed by atoms with Crippen molar-refractivity contribution < 1.29 is 32.9 Å². The second-order valence-corrected chi connectivity index (χ2v) is 6.88. The fourth-order valence-corrected chi connectivity index (χ4v) is 3.54. The summed E-state index contributed by atoms with van der Waals surface area (Å²) < 4.78 is 41.2. The lowest BCUT2D eigenvalue weighted by molar-refractivity contribution is -0.0521. The smallest absolute Gasteiger partial charge is 0.387 e. The van der Waals surface area contributed by atoms with Gasteiger partial charge in [0.05, 0.1) is 18.4 Å². The Kier molecular flexibility index (Phi) is 4.73. The number of ether oxygens (including phenoxy) is 3. The number of hydrogen-bond donors (Lipinski definition) is 2. The number of alkyl halides is 2. The van der Waals surface area contributed by atoms with Crippen LogP contribution in [0, 0.1) is 0 Å². The molecule has 6 nitrogen and oxygen atoms in total. The summed E-state index contributed by atoms with van der Waals surface area (Å²) in [6.45, 7) is -1.84. The molecule has 2 fully saturated rings. The highest BCUT2D eigenvalue weighted by molar-refractivity contribution is 5.68. The van der Waals surface area contributed by atoms with Crippen molar-refractivity contribution in [2.75, 3.05) is 13.2 Å². The van der Waals surface area contributed by atoms with Crippen molar-refractivity contribution in [1.29, 1.82) is 0 Å². The molecule has 1 saturated heterocycles. The van der Waals surface area contributed by atoms with E-state index in [1.165, 1.54) is 6.07 Å². The zero-order valence-corrected chi connectivity index (χ0v) is 14.1. The van der Waals surface area contributed by atoms with Crippen molar-refractivity contribution in [3.8, 4) is 11.5 Å². The molecular weight excluding hydrogens is 348 g/mol. The number of rotatable bonds is 5. The molecule has 3 unspecified atom stereocenters. The second-order valence-electron chi connectivity index (χ2n) is 6.88. The summed E-state index contributed by atoms with van der Waals surface area (Å²) in [4.78, 5) is 5.66. The van der Waals surface area contributed by atoms with Crippen LogP contribution in [-0.4, -0.2) is 42.7 Å². The van der Waals surface area contributed by atoms with Crippen LogP contribution in [0.4, 0.5) is 8.78 Å². The van der Waals surface area contributed by atoms with Gasteiger partial charge in [0, 0.05) is 25.0 Å². The zero-order valence-electron chi connectivity index (χ0n) is 14.1. The third-order valence-electron chi connectivity index (χ3n) is 4.91. The van der Waals surface area contributed by atoms with E-state index in [4.69, 9.17) is 14.3 Å². The highest BCUT2D eigenvalue weighted by atomic mass is 19.3. The Morgan fingerprint density at radius 3 is 2.85 bits per heavy atom. The summed E-state index contributed by atoms with van der Waals surface area (Å²) in [6.07, 6.45) is 3.84. The molecule has 1 saturated carbocycles. The third kappa shape index (κ3) is 3.62. The first-order valence-electron chi connectivity index (χ1n) is 8.72. The van der Waals surface area contributed by atoms with Gasteiger partial charge in [-0.1, -0.05) is 0 Å². The van der Waals surface area contributed by atoms with E-state index < -0.39 is 18.3 Å². The van der Waals surface area contributed by atoms with Crippen molar-refractivity contribution in [3.05, 3.63) is 29.8 Å². The number of hydrogen-bond acceptors (Lipinski definition) is 6. The Morgan fingerprint density at radius 2 is 2.15 bits per heavy atom. The molecule has 8 heteroatoms. The van der Waals surface area contributed by atoms with Crippen LogP contribution in [0.3, 0.4) is 0 Å². The van der Waals surface area contributed by atoms with E-state index in [9.17, 15) is 13.9 Å². The van der Waals surface area contributed by atoms with Gasteiger partial charge in [-0.2, -0.15) is 8.78 Å². The minimum absolute atomic E-state index is 0.0245. The topological polar surface area (TPSA) is 69.2 Å². The van der Waals surface area contributed by atoms with Crippen LogP contribution in [0.2, 0.25) is 0 Å². The molecule has 2 aliphatic heterocycles. The van der Waals surface area contributed by atoms with Crippen LogP contribution in [-0.2, 0) is 9.57 Å². The molecule has 3 atom stereocenters. The first kappa shape index (κ1) is 17.5. The SMILES string of the molecule is OC1CCC(Oc2cc(C3=CC4(CCOC4)ON3)ccc2OC(F)F)C1. The van der Waals surface area contributed by atoms with Gasteiger partial charge in [-0.05, 0) is 37.1 Å². The number of hydroxylamine groups is 1. The summed E-state index contributed by atoms with van der Waals surface area (Å²) >= 11 is 0. The van der Waals surface area contributed by atoms with Crippen molar-refractivity contribution in [2.24, 2.45) is 0 Å². The molecule has 1 aromatic carbocycles. The molecule has 1 spiro atoms. The van der Waals surface area contributed by atoms with Gasteiger partial charge in [-0.3, -0.25) is 10.3 Å². The number of aliphatic hydroxyl groups excluding tert-OH is 1. The maximum Gasteiger partial charge on any atom is 0.387 e. The van der Waals surface area contributed by atoms with Gasteiger partial charge < -0.3 is 19.3 Å². The minimum atomic E-state index is -2.94. The molecule has 26 heavy (non-hydrogen) atoms. The van der Waals surface area contributed by atoms with E-state index in [1.807, 2.05) is 6.08 Å². The van der Waals surface area contributed by atoms with Gasteiger partial charge in [0.15, 0.2) is 11.5 Å². The standard InChI is InChI=1S/C18H21F2NO5/c19-17(20)25-15-4-1-11(7-16(15)24-13-3-2-12(22)8-13)14-9-18(26-21-14)5-6-23-10-18/h1,4,7,9,12-13,17,21-22H,2-3,5-6,8,10H2. The summed E-state index contributed by atoms with van der Waals surface area (Å²) in [7, 11) is 0. The molecule has 2 heterocycles. The molecule has 4 rings (SSSR count).